The summed E-state index contributed by atoms with van der Waals surface area (Å²) in [6.07, 6.45) is -1.60. The number of rotatable bonds is 6. The second-order valence-corrected chi connectivity index (χ2v) is 7.74. The molecule has 0 unspecified atom stereocenters. The molecule has 0 aromatic heterocycles. The van der Waals surface area contributed by atoms with E-state index in [9.17, 15) is 56.3 Å². The zero-order valence-corrected chi connectivity index (χ0v) is 16.2. The van der Waals surface area contributed by atoms with Crippen LogP contribution in [0.2, 0.25) is 0 Å². The van der Waals surface area contributed by atoms with Crippen molar-refractivity contribution in [1.82, 2.24) is 5.48 Å². The lowest BCUT2D eigenvalue weighted by molar-refractivity contribution is -0.188. The molecule has 0 aromatic carbocycles. The van der Waals surface area contributed by atoms with Gasteiger partial charge in [0.05, 0.1) is 0 Å². The number of nitrogens with zero attached hydrogens (tertiary/aromatic N) is 1. The fourth-order valence-electron chi connectivity index (χ4n) is 0.449. The van der Waals surface area contributed by atoms with E-state index in [1.165, 1.54) is 12.8 Å². The van der Waals surface area contributed by atoms with Gasteiger partial charge in [-0.25, -0.2) is 22.3 Å². The molecule has 0 aliphatic heterocycles. The smallest absolute Gasteiger partial charge is 0.421 e. The molecule has 1 N–H and O–H groups in total. The van der Waals surface area contributed by atoms with Crippen LogP contribution in [0.3, 0.4) is 0 Å². The number of hydroxylamine groups is 1. The van der Waals surface area contributed by atoms with Crippen LogP contribution in [0.5, 0.6) is 0 Å². The van der Waals surface area contributed by atoms with E-state index < -0.39 is 43.8 Å². The van der Waals surface area contributed by atoms with Gasteiger partial charge in [0.2, 0.25) is 0 Å². The lowest BCUT2D eigenvalue weighted by Crippen LogP contribution is -2.30. The maximum absolute atomic E-state index is 11.4. The van der Waals surface area contributed by atoms with Gasteiger partial charge in [0, 0.05) is 6.54 Å². The van der Waals surface area contributed by atoms with Crippen molar-refractivity contribution in [1.29, 1.82) is 0 Å². The number of sulfonamides is 2. The lowest BCUT2D eigenvalue weighted by Gasteiger charge is -2.22. The average Bonchev–Trinajstić information content (AvgIpc) is 2.44. The standard InChI is InChI=1S/C4H8F3NO.C4H10.C2F6NO4S2/c1-2-8-9-3-4(5,6)7;1-3-4-2;3-1(4,5)14(10,11)9-15(12,13)2(6,7)8/h8H,2-3H2,1H3;3-4H2,1-2H3;/q;;-1. The minimum absolute atomic E-state index is 0.371. The summed E-state index contributed by atoms with van der Waals surface area (Å²) in [6.45, 7) is 5.15. The summed E-state index contributed by atoms with van der Waals surface area (Å²) in [5, 5.41) is 0. The topological polar surface area (TPSA) is 104 Å². The molecule has 174 valence electrons. The van der Waals surface area contributed by atoms with Gasteiger partial charge in [-0.05, 0) is 0 Å². The summed E-state index contributed by atoms with van der Waals surface area (Å²) >= 11 is 0. The molecule has 7 nitrogen and oxygen atoms in total. The first kappa shape index (κ1) is 31.8. The molecule has 0 amide bonds. The van der Waals surface area contributed by atoms with Crippen LogP contribution in [0.1, 0.15) is 33.6 Å². The Morgan fingerprint density at radius 1 is 0.750 bits per heavy atom. The number of nitrogens with one attached hydrogen (secondary N) is 1. The van der Waals surface area contributed by atoms with Crippen LogP contribution in [-0.2, 0) is 24.9 Å². The Labute approximate surface area is 155 Å². The number of halogens is 9. The Balaban J connectivity index is -0.000000406. The molecule has 0 radical (unpaired) electrons. The molecule has 0 fully saturated rings. The van der Waals surface area contributed by atoms with Gasteiger partial charge < -0.3 is 4.13 Å². The monoisotopic (exact) mass is 481 g/mol. The minimum Gasteiger partial charge on any atom is -0.421 e. The summed E-state index contributed by atoms with van der Waals surface area (Å²) in [4.78, 5) is 3.97. The highest BCUT2D eigenvalue weighted by molar-refractivity contribution is 8.13. The van der Waals surface area contributed by atoms with E-state index >= 15 is 0 Å². The second kappa shape index (κ2) is 12.7. The van der Waals surface area contributed by atoms with Gasteiger partial charge in [0.1, 0.15) is 0 Å². The fraction of sp³-hybridized carbons (Fsp3) is 1.00. The summed E-state index contributed by atoms with van der Waals surface area (Å²) < 4.78 is 143. The maximum Gasteiger partial charge on any atom is 0.480 e. The molecular formula is C10H18F9N2O5S2-. The molecule has 0 saturated carbocycles. The number of unbranched alkanes of at least 4 members (excludes halogenated alkanes) is 1. The number of alkyl halides is 9. The fourth-order valence-corrected chi connectivity index (χ4v) is 2.16. The van der Waals surface area contributed by atoms with Gasteiger partial charge in [-0.1, -0.05) is 33.6 Å². The predicted molar refractivity (Wildman–Crippen MR) is 79.6 cm³/mol. The Morgan fingerprint density at radius 2 is 1.07 bits per heavy atom. The third-order valence-electron chi connectivity index (χ3n) is 1.76. The van der Waals surface area contributed by atoms with Gasteiger partial charge >= 0.3 is 17.2 Å². The molecule has 0 atom stereocenters. The molecule has 0 bridgehead atoms. The SMILES string of the molecule is CCCC.CCNOCC(F)(F)F.O=S(=O)([N-]S(=O)(=O)C(F)(F)F)C(F)(F)F. The predicted octanol–water partition coefficient (Wildman–Crippen LogP) is 3.96. The molecule has 0 spiro atoms. The van der Waals surface area contributed by atoms with Crippen molar-refractivity contribution in [3.63, 3.8) is 0 Å². The zero-order chi connectivity index (χ0) is 23.4. The molecular weight excluding hydrogens is 463 g/mol. The highest BCUT2D eigenvalue weighted by Gasteiger charge is 2.46. The van der Waals surface area contributed by atoms with Crippen LogP contribution in [0, 0.1) is 0 Å². The second-order valence-electron chi connectivity index (χ2n) is 4.32. The van der Waals surface area contributed by atoms with Gasteiger partial charge in [-0.3, -0.25) is 4.84 Å². The summed E-state index contributed by atoms with van der Waals surface area (Å²) in [5.74, 6) is 0. The van der Waals surface area contributed by atoms with Crippen LogP contribution in [-0.4, -0.2) is 47.2 Å². The zero-order valence-electron chi connectivity index (χ0n) is 14.5. The van der Waals surface area contributed by atoms with Crippen LogP contribution in [0.4, 0.5) is 39.5 Å². The van der Waals surface area contributed by atoms with Gasteiger partial charge in [0.25, 0.3) is 0 Å². The maximum atomic E-state index is 11.4. The summed E-state index contributed by atoms with van der Waals surface area (Å²) in [6, 6.07) is 0. The van der Waals surface area contributed by atoms with Crippen LogP contribution in [0.25, 0.3) is 4.13 Å². The van der Waals surface area contributed by atoms with Crippen molar-refractivity contribution in [3.8, 4) is 0 Å². The molecule has 0 aliphatic rings. The third kappa shape index (κ3) is 16.1. The Hall–Kier alpha value is -0.850. The third-order valence-corrected chi connectivity index (χ3v) is 4.50. The van der Waals surface area contributed by atoms with Crippen molar-refractivity contribution < 1.29 is 61.2 Å². The van der Waals surface area contributed by atoms with Crippen molar-refractivity contribution in [3.05, 3.63) is 4.13 Å². The minimum atomic E-state index is -6.72. The van der Waals surface area contributed by atoms with Crippen molar-refractivity contribution in [2.24, 2.45) is 0 Å². The van der Waals surface area contributed by atoms with E-state index in [1.807, 2.05) is 0 Å². The van der Waals surface area contributed by atoms with E-state index in [2.05, 4.69) is 24.2 Å². The van der Waals surface area contributed by atoms with Crippen molar-refractivity contribution in [2.45, 2.75) is 50.8 Å². The van der Waals surface area contributed by atoms with Crippen molar-refractivity contribution >= 4 is 20.0 Å². The van der Waals surface area contributed by atoms with E-state index in [4.69, 9.17) is 0 Å². The average molecular weight is 481 g/mol. The Kier molecular flexibility index (Phi) is 14.4. The molecule has 0 aliphatic carbocycles. The van der Waals surface area contributed by atoms with E-state index in [1.54, 1.807) is 6.92 Å². The molecule has 0 rings (SSSR count). The first-order valence-corrected chi connectivity index (χ1v) is 9.84. The molecule has 18 heteroatoms. The van der Waals surface area contributed by atoms with E-state index in [0.29, 0.717) is 6.54 Å². The number of hydrogen-bond acceptors (Lipinski definition) is 6. The van der Waals surface area contributed by atoms with Gasteiger partial charge in [-0.15, -0.1) is 0 Å². The normalized spacial score (nSPS) is 13.1. The molecule has 0 aromatic rings. The number of hydrogen-bond donors (Lipinski definition) is 1. The summed E-state index contributed by atoms with van der Waals surface area (Å²) in [5.41, 5.74) is -10.3. The molecule has 0 heterocycles. The van der Waals surface area contributed by atoms with Crippen LogP contribution >= 0.6 is 0 Å². The van der Waals surface area contributed by atoms with Gasteiger partial charge in [0.15, 0.2) is 26.7 Å². The Bertz CT molecular complexity index is 569. The Morgan fingerprint density at radius 3 is 1.25 bits per heavy atom. The van der Waals surface area contributed by atoms with Gasteiger partial charge in [-0.2, -0.15) is 39.5 Å². The summed E-state index contributed by atoms with van der Waals surface area (Å²) in [7, 11) is -13.4. The van der Waals surface area contributed by atoms with Crippen LogP contribution in [0.15, 0.2) is 0 Å². The molecule has 0 saturated heterocycles. The van der Waals surface area contributed by atoms with E-state index in [-0.39, 0.29) is 0 Å². The molecule has 28 heavy (non-hydrogen) atoms. The highest BCUT2D eigenvalue weighted by Crippen LogP contribution is 2.36. The first-order valence-electron chi connectivity index (χ1n) is 6.96. The highest BCUT2D eigenvalue weighted by atomic mass is 32.3. The first-order chi connectivity index (χ1) is 12.2. The quantitative estimate of drug-likeness (QED) is 0.350. The lowest BCUT2D eigenvalue weighted by atomic mass is 10.4. The van der Waals surface area contributed by atoms with Crippen molar-refractivity contribution in [2.75, 3.05) is 13.2 Å². The largest absolute Gasteiger partial charge is 0.480 e. The van der Waals surface area contributed by atoms with Crippen LogP contribution < -0.4 is 5.48 Å². The van der Waals surface area contributed by atoms with E-state index in [0.717, 1.165) is 4.13 Å².